The highest BCUT2D eigenvalue weighted by Crippen LogP contribution is 2.10. The minimum Gasteiger partial charge on any atom is -0.396 e. The molecule has 0 saturated heterocycles. The summed E-state index contributed by atoms with van der Waals surface area (Å²) in [4.78, 5) is 11.8. The third kappa shape index (κ3) is 12.1. The molecule has 0 spiro atoms. The van der Waals surface area contributed by atoms with Crippen molar-refractivity contribution in [1.82, 2.24) is 5.32 Å². The normalized spacial score (nSPS) is 10.7. The Kier molecular flexibility index (Phi) is 13.1. The first-order valence-electron chi connectivity index (χ1n) is 9.74. The van der Waals surface area contributed by atoms with Gasteiger partial charge in [0.15, 0.2) is 0 Å². The van der Waals surface area contributed by atoms with Crippen LogP contribution in [0.25, 0.3) is 0 Å². The standard InChI is InChI=1S/C21H35NO2/c23-19-13-8-6-4-2-1-3-5-7-12-18-22-21(24)17-16-20-14-10-9-11-15-20/h9-11,14-15,23H,1-8,12-13,16-19H2,(H,22,24). The summed E-state index contributed by atoms with van der Waals surface area (Å²) in [5, 5.41) is 11.7. The molecule has 0 radical (unpaired) electrons. The number of benzene rings is 1. The number of hydrogen-bond acceptors (Lipinski definition) is 2. The van der Waals surface area contributed by atoms with Gasteiger partial charge in [-0.2, -0.15) is 0 Å². The highest BCUT2D eigenvalue weighted by molar-refractivity contribution is 5.76. The maximum atomic E-state index is 11.8. The van der Waals surface area contributed by atoms with E-state index in [1.807, 2.05) is 18.2 Å². The lowest BCUT2D eigenvalue weighted by molar-refractivity contribution is -0.121. The summed E-state index contributed by atoms with van der Waals surface area (Å²) in [6, 6.07) is 10.2. The lowest BCUT2D eigenvalue weighted by Gasteiger charge is -2.06. The van der Waals surface area contributed by atoms with Crippen LogP contribution in [0, 0.1) is 0 Å². The number of rotatable bonds is 15. The van der Waals surface area contributed by atoms with Gasteiger partial charge in [0.05, 0.1) is 0 Å². The van der Waals surface area contributed by atoms with Crippen molar-refractivity contribution in [3.05, 3.63) is 35.9 Å². The number of carbonyl (C=O) groups excluding carboxylic acids is 1. The average Bonchev–Trinajstić information content (AvgIpc) is 2.62. The van der Waals surface area contributed by atoms with Gasteiger partial charge in [0, 0.05) is 19.6 Å². The molecular formula is C21H35NO2. The van der Waals surface area contributed by atoms with Crippen LogP contribution in [0.3, 0.4) is 0 Å². The first-order chi connectivity index (χ1) is 11.8. The van der Waals surface area contributed by atoms with Crippen LogP contribution in [0.4, 0.5) is 0 Å². The zero-order chi connectivity index (χ0) is 17.3. The highest BCUT2D eigenvalue weighted by Gasteiger charge is 2.01. The van der Waals surface area contributed by atoms with E-state index in [2.05, 4.69) is 17.4 Å². The number of unbranched alkanes of at least 4 members (excludes halogenated alkanes) is 9. The van der Waals surface area contributed by atoms with Crippen molar-refractivity contribution >= 4 is 5.91 Å². The lowest BCUT2D eigenvalue weighted by atomic mass is 10.1. The van der Waals surface area contributed by atoms with Gasteiger partial charge in [0.25, 0.3) is 0 Å². The molecule has 3 heteroatoms. The van der Waals surface area contributed by atoms with Gasteiger partial charge >= 0.3 is 0 Å². The first-order valence-corrected chi connectivity index (χ1v) is 9.74. The maximum absolute atomic E-state index is 11.8. The molecule has 0 atom stereocenters. The Hall–Kier alpha value is -1.35. The van der Waals surface area contributed by atoms with Gasteiger partial charge in [-0.25, -0.2) is 0 Å². The van der Waals surface area contributed by atoms with Crippen molar-refractivity contribution in [3.8, 4) is 0 Å². The molecular weight excluding hydrogens is 298 g/mol. The third-order valence-electron chi connectivity index (χ3n) is 4.39. The number of carbonyl (C=O) groups is 1. The van der Waals surface area contributed by atoms with Gasteiger partial charge in [0.2, 0.25) is 5.91 Å². The van der Waals surface area contributed by atoms with Crippen molar-refractivity contribution in [2.24, 2.45) is 0 Å². The predicted octanol–water partition coefficient (Wildman–Crippen LogP) is 4.63. The van der Waals surface area contributed by atoms with Crippen LogP contribution in [0.5, 0.6) is 0 Å². The number of nitrogens with one attached hydrogen (secondary N) is 1. The highest BCUT2D eigenvalue weighted by atomic mass is 16.2. The van der Waals surface area contributed by atoms with Crippen molar-refractivity contribution in [2.75, 3.05) is 13.2 Å². The summed E-state index contributed by atoms with van der Waals surface area (Å²) in [6.45, 7) is 1.15. The summed E-state index contributed by atoms with van der Waals surface area (Å²) in [5.74, 6) is 0.168. The van der Waals surface area contributed by atoms with E-state index in [-0.39, 0.29) is 5.91 Å². The van der Waals surface area contributed by atoms with Crippen LogP contribution in [0.2, 0.25) is 0 Å². The number of hydrogen-bond donors (Lipinski definition) is 2. The second-order valence-electron chi connectivity index (χ2n) is 6.59. The number of amides is 1. The molecule has 2 N–H and O–H groups in total. The van der Waals surface area contributed by atoms with Crippen molar-refractivity contribution in [1.29, 1.82) is 0 Å². The molecule has 0 heterocycles. The topological polar surface area (TPSA) is 49.3 Å². The Morgan fingerprint density at radius 1 is 0.792 bits per heavy atom. The van der Waals surface area contributed by atoms with E-state index in [4.69, 9.17) is 5.11 Å². The number of aliphatic hydroxyl groups excluding tert-OH is 1. The molecule has 1 aromatic rings. The lowest BCUT2D eigenvalue weighted by Crippen LogP contribution is -2.24. The minimum absolute atomic E-state index is 0.168. The monoisotopic (exact) mass is 333 g/mol. The quantitative estimate of drug-likeness (QED) is 0.460. The van der Waals surface area contributed by atoms with Crippen LogP contribution in [-0.2, 0) is 11.2 Å². The van der Waals surface area contributed by atoms with Crippen LogP contribution >= 0.6 is 0 Å². The molecule has 136 valence electrons. The van der Waals surface area contributed by atoms with Gasteiger partial charge in [-0.15, -0.1) is 0 Å². The zero-order valence-corrected chi connectivity index (χ0v) is 15.1. The van der Waals surface area contributed by atoms with Gasteiger partial charge in [0.1, 0.15) is 0 Å². The van der Waals surface area contributed by atoms with Crippen LogP contribution in [-0.4, -0.2) is 24.2 Å². The molecule has 0 unspecified atom stereocenters. The van der Waals surface area contributed by atoms with Gasteiger partial charge in [-0.05, 0) is 24.8 Å². The zero-order valence-electron chi connectivity index (χ0n) is 15.1. The van der Waals surface area contributed by atoms with E-state index < -0.39 is 0 Å². The summed E-state index contributed by atoms with van der Waals surface area (Å²) in [6.07, 6.45) is 13.6. The molecule has 0 bridgehead atoms. The Morgan fingerprint density at radius 2 is 1.33 bits per heavy atom. The maximum Gasteiger partial charge on any atom is 0.220 e. The van der Waals surface area contributed by atoms with Gasteiger partial charge in [-0.3, -0.25) is 4.79 Å². The largest absolute Gasteiger partial charge is 0.396 e. The van der Waals surface area contributed by atoms with E-state index >= 15 is 0 Å². The molecule has 24 heavy (non-hydrogen) atoms. The molecule has 1 amide bonds. The fraction of sp³-hybridized carbons (Fsp3) is 0.667. The SMILES string of the molecule is O=C(CCc1ccccc1)NCCCCCCCCCCCCO. The Labute approximate surface area is 147 Å². The number of aryl methyl sites for hydroxylation is 1. The Bertz CT molecular complexity index is 406. The van der Waals surface area contributed by atoms with Crippen molar-refractivity contribution < 1.29 is 9.90 Å². The summed E-state index contributed by atoms with van der Waals surface area (Å²) in [7, 11) is 0. The van der Waals surface area contributed by atoms with E-state index in [0.29, 0.717) is 13.0 Å². The molecule has 3 nitrogen and oxygen atoms in total. The van der Waals surface area contributed by atoms with E-state index in [1.54, 1.807) is 0 Å². The molecule has 0 saturated carbocycles. The fourth-order valence-corrected chi connectivity index (χ4v) is 2.87. The van der Waals surface area contributed by atoms with E-state index in [9.17, 15) is 4.79 Å². The van der Waals surface area contributed by atoms with Gasteiger partial charge in [-0.1, -0.05) is 81.7 Å². The molecule has 1 rings (SSSR count). The Balaban J connectivity index is 1.82. The molecule has 0 aliphatic heterocycles. The van der Waals surface area contributed by atoms with Gasteiger partial charge < -0.3 is 10.4 Å². The van der Waals surface area contributed by atoms with Crippen molar-refractivity contribution in [2.45, 2.75) is 77.0 Å². The number of aliphatic hydroxyl groups is 1. The molecule has 0 aliphatic carbocycles. The van der Waals surface area contributed by atoms with E-state index in [1.165, 1.54) is 56.9 Å². The molecule has 1 aromatic carbocycles. The average molecular weight is 334 g/mol. The predicted molar refractivity (Wildman–Crippen MR) is 101 cm³/mol. The fourth-order valence-electron chi connectivity index (χ4n) is 2.87. The van der Waals surface area contributed by atoms with Crippen LogP contribution in [0.1, 0.15) is 76.2 Å². The Morgan fingerprint density at radius 3 is 1.92 bits per heavy atom. The second-order valence-corrected chi connectivity index (χ2v) is 6.59. The summed E-state index contributed by atoms with van der Waals surface area (Å²) in [5.41, 5.74) is 1.23. The first kappa shape index (κ1) is 20.7. The summed E-state index contributed by atoms with van der Waals surface area (Å²) >= 11 is 0. The smallest absolute Gasteiger partial charge is 0.220 e. The van der Waals surface area contributed by atoms with Crippen molar-refractivity contribution in [3.63, 3.8) is 0 Å². The molecule has 0 fully saturated rings. The minimum atomic E-state index is 0.168. The molecule has 0 aromatic heterocycles. The third-order valence-corrected chi connectivity index (χ3v) is 4.39. The van der Waals surface area contributed by atoms with Crippen LogP contribution < -0.4 is 5.32 Å². The van der Waals surface area contributed by atoms with E-state index in [0.717, 1.165) is 25.8 Å². The second kappa shape index (κ2) is 15.2. The molecule has 0 aliphatic rings. The van der Waals surface area contributed by atoms with Crippen LogP contribution in [0.15, 0.2) is 30.3 Å². The summed E-state index contributed by atoms with van der Waals surface area (Å²) < 4.78 is 0.